The van der Waals surface area contributed by atoms with Gasteiger partial charge in [-0.25, -0.2) is 9.59 Å². The van der Waals surface area contributed by atoms with Gasteiger partial charge in [0.1, 0.15) is 5.60 Å². The zero-order chi connectivity index (χ0) is 18.1. The highest BCUT2D eigenvalue weighted by Crippen LogP contribution is 2.29. The first kappa shape index (κ1) is 18.0. The van der Waals surface area contributed by atoms with Gasteiger partial charge in [-0.2, -0.15) is 5.10 Å². The topological polar surface area (TPSA) is 93.5 Å². The van der Waals surface area contributed by atoms with E-state index in [-0.39, 0.29) is 5.69 Å². The van der Waals surface area contributed by atoms with Gasteiger partial charge < -0.3 is 9.84 Å². The van der Waals surface area contributed by atoms with Crippen molar-refractivity contribution in [1.82, 2.24) is 9.78 Å². The van der Waals surface area contributed by atoms with E-state index >= 15 is 0 Å². The van der Waals surface area contributed by atoms with Gasteiger partial charge in [0, 0.05) is 17.1 Å². The van der Waals surface area contributed by atoms with E-state index in [9.17, 15) is 9.59 Å². The Bertz CT molecular complexity index is 793. The van der Waals surface area contributed by atoms with E-state index in [4.69, 9.17) is 9.84 Å². The first-order chi connectivity index (χ1) is 11.1. The number of nitrogens with zero attached hydrogens (tertiary/aromatic N) is 2. The van der Waals surface area contributed by atoms with Crippen LogP contribution in [0.4, 0.5) is 10.5 Å². The highest BCUT2D eigenvalue weighted by Gasteiger charge is 2.18. The van der Waals surface area contributed by atoms with Crippen LogP contribution in [0.25, 0.3) is 11.3 Å². The smallest absolute Gasteiger partial charge is 0.412 e. The van der Waals surface area contributed by atoms with Crippen LogP contribution in [0, 0.1) is 0 Å². The van der Waals surface area contributed by atoms with Crippen LogP contribution in [-0.4, -0.2) is 32.6 Å². The number of aryl methyl sites for hydroxylation is 1. The number of hydrogen-bond acceptors (Lipinski definition) is 4. The SMILES string of the molecule is Cn1nc(C(=O)O)cc1-c1ccc(Br)c(NC(=O)OC(C)(C)C)c1. The van der Waals surface area contributed by atoms with E-state index in [0.717, 1.165) is 0 Å². The maximum absolute atomic E-state index is 11.9. The maximum atomic E-state index is 11.9. The van der Waals surface area contributed by atoms with Crippen LogP contribution < -0.4 is 5.32 Å². The quantitative estimate of drug-likeness (QED) is 0.821. The van der Waals surface area contributed by atoms with Gasteiger partial charge in [0.05, 0.1) is 11.4 Å². The number of aromatic nitrogens is 2. The average molecular weight is 396 g/mol. The Hall–Kier alpha value is -2.35. The van der Waals surface area contributed by atoms with E-state index in [1.54, 1.807) is 46.0 Å². The average Bonchev–Trinajstić information content (AvgIpc) is 2.81. The number of rotatable bonds is 3. The number of halogens is 1. The summed E-state index contributed by atoms with van der Waals surface area (Å²) in [5.74, 6) is -1.10. The number of hydrogen-bond donors (Lipinski definition) is 2. The summed E-state index contributed by atoms with van der Waals surface area (Å²) in [4.78, 5) is 23.0. The molecule has 0 fully saturated rings. The fraction of sp³-hybridized carbons (Fsp3) is 0.312. The number of carboxylic acid groups (broad SMARTS) is 1. The fourth-order valence-corrected chi connectivity index (χ4v) is 2.38. The molecule has 1 amide bonds. The molecule has 0 saturated heterocycles. The molecule has 128 valence electrons. The summed E-state index contributed by atoms with van der Waals surface area (Å²) in [7, 11) is 1.66. The normalized spacial score (nSPS) is 11.2. The van der Waals surface area contributed by atoms with E-state index in [0.29, 0.717) is 21.4 Å². The van der Waals surface area contributed by atoms with Crippen molar-refractivity contribution in [2.45, 2.75) is 26.4 Å². The molecule has 2 N–H and O–H groups in total. The van der Waals surface area contributed by atoms with Gasteiger partial charge in [0.15, 0.2) is 5.69 Å². The second-order valence-corrected chi connectivity index (χ2v) is 7.02. The molecule has 2 aromatic rings. The van der Waals surface area contributed by atoms with E-state index < -0.39 is 17.7 Å². The number of aromatic carboxylic acids is 1. The molecule has 0 aliphatic rings. The first-order valence-electron chi connectivity index (χ1n) is 7.14. The van der Waals surface area contributed by atoms with E-state index in [1.165, 1.54) is 10.7 Å². The molecule has 1 aromatic heterocycles. The van der Waals surface area contributed by atoms with Gasteiger partial charge in [-0.05, 0) is 54.9 Å². The Morgan fingerprint density at radius 3 is 2.50 bits per heavy atom. The van der Waals surface area contributed by atoms with Crippen LogP contribution in [0.5, 0.6) is 0 Å². The second kappa shape index (κ2) is 6.64. The van der Waals surface area contributed by atoms with Gasteiger partial charge >= 0.3 is 12.1 Å². The zero-order valence-electron chi connectivity index (χ0n) is 13.8. The number of nitrogens with one attached hydrogen (secondary N) is 1. The Balaban J connectivity index is 2.32. The zero-order valence-corrected chi connectivity index (χ0v) is 15.3. The van der Waals surface area contributed by atoms with Crippen molar-refractivity contribution in [1.29, 1.82) is 0 Å². The lowest BCUT2D eigenvalue weighted by atomic mass is 10.1. The third-order valence-electron chi connectivity index (χ3n) is 3.00. The lowest BCUT2D eigenvalue weighted by Gasteiger charge is -2.20. The molecule has 0 spiro atoms. The molecule has 0 saturated carbocycles. The van der Waals surface area contributed by atoms with Crippen molar-refractivity contribution in [2.24, 2.45) is 7.05 Å². The Morgan fingerprint density at radius 2 is 1.96 bits per heavy atom. The number of anilines is 1. The predicted molar refractivity (Wildman–Crippen MR) is 93.2 cm³/mol. The molecule has 2 rings (SSSR count). The summed E-state index contributed by atoms with van der Waals surface area (Å²) in [6.07, 6.45) is -0.573. The van der Waals surface area contributed by atoms with Crippen molar-refractivity contribution in [3.05, 3.63) is 34.4 Å². The number of amides is 1. The summed E-state index contributed by atoms with van der Waals surface area (Å²) in [6, 6.07) is 6.75. The molecular formula is C16H18BrN3O4. The molecule has 7 nitrogen and oxygen atoms in total. The lowest BCUT2D eigenvalue weighted by molar-refractivity contribution is 0.0633. The van der Waals surface area contributed by atoms with Crippen LogP contribution >= 0.6 is 15.9 Å². The summed E-state index contributed by atoms with van der Waals surface area (Å²) in [5, 5.41) is 15.7. The Labute approximate surface area is 147 Å². The lowest BCUT2D eigenvalue weighted by Crippen LogP contribution is -2.27. The van der Waals surface area contributed by atoms with Gasteiger partial charge in [0.2, 0.25) is 0 Å². The molecule has 0 aliphatic heterocycles. The molecule has 0 bridgehead atoms. The highest BCUT2D eigenvalue weighted by atomic mass is 79.9. The minimum Gasteiger partial charge on any atom is -0.476 e. The van der Waals surface area contributed by atoms with Crippen molar-refractivity contribution in [3.63, 3.8) is 0 Å². The summed E-state index contributed by atoms with van der Waals surface area (Å²) in [6.45, 7) is 5.34. The molecule has 1 aromatic carbocycles. The molecule has 0 unspecified atom stereocenters. The standard InChI is InChI=1S/C16H18BrN3O4/c1-16(2,3)24-15(23)18-11-7-9(5-6-10(11)17)13-8-12(14(21)22)19-20(13)4/h5-8H,1-4H3,(H,18,23)(H,21,22). The van der Waals surface area contributed by atoms with Crippen molar-refractivity contribution in [2.75, 3.05) is 5.32 Å². The van der Waals surface area contributed by atoms with Crippen LogP contribution in [0.2, 0.25) is 0 Å². The molecule has 0 aliphatic carbocycles. The summed E-state index contributed by atoms with van der Waals surface area (Å²) >= 11 is 3.37. The number of carbonyl (C=O) groups is 2. The maximum Gasteiger partial charge on any atom is 0.412 e. The Morgan fingerprint density at radius 1 is 1.29 bits per heavy atom. The van der Waals surface area contributed by atoms with Gasteiger partial charge in [0.25, 0.3) is 0 Å². The number of benzene rings is 1. The van der Waals surface area contributed by atoms with Crippen LogP contribution in [0.1, 0.15) is 31.3 Å². The van der Waals surface area contributed by atoms with E-state index in [1.807, 2.05) is 0 Å². The Kier molecular flexibility index (Phi) is 4.98. The van der Waals surface area contributed by atoms with Crippen LogP contribution in [-0.2, 0) is 11.8 Å². The predicted octanol–water partition coefficient (Wildman–Crippen LogP) is 3.89. The summed E-state index contributed by atoms with van der Waals surface area (Å²) in [5.41, 5.74) is 1.20. The molecule has 1 heterocycles. The monoisotopic (exact) mass is 395 g/mol. The van der Waals surface area contributed by atoms with Gasteiger partial charge in [-0.1, -0.05) is 6.07 Å². The van der Waals surface area contributed by atoms with E-state index in [2.05, 4.69) is 26.3 Å². The van der Waals surface area contributed by atoms with Gasteiger partial charge in [-0.15, -0.1) is 0 Å². The number of ether oxygens (including phenoxy) is 1. The van der Waals surface area contributed by atoms with Crippen LogP contribution in [0.3, 0.4) is 0 Å². The molecular weight excluding hydrogens is 378 g/mol. The van der Waals surface area contributed by atoms with Crippen molar-refractivity contribution >= 4 is 33.7 Å². The second-order valence-electron chi connectivity index (χ2n) is 6.17. The van der Waals surface area contributed by atoms with Gasteiger partial charge in [-0.3, -0.25) is 10.00 Å². The highest BCUT2D eigenvalue weighted by molar-refractivity contribution is 9.10. The largest absolute Gasteiger partial charge is 0.476 e. The first-order valence-corrected chi connectivity index (χ1v) is 7.93. The summed E-state index contributed by atoms with van der Waals surface area (Å²) < 4.78 is 7.39. The minimum atomic E-state index is -1.10. The number of carboxylic acids is 1. The van der Waals surface area contributed by atoms with Crippen molar-refractivity contribution in [3.8, 4) is 11.3 Å². The molecule has 24 heavy (non-hydrogen) atoms. The third kappa shape index (κ3) is 4.35. The fourth-order valence-electron chi connectivity index (χ4n) is 2.04. The van der Waals surface area contributed by atoms with Crippen LogP contribution in [0.15, 0.2) is 28.7 Å². The van der Waals surface area contributed by atoms with Crippen molar-refractivity contribution < 1.29 is 19.4 Å². The third-order valence-corrected chi connectivity index (χ3v) is 3.69. The number of carbonyl (C=O) groups excluding carboxylic acids is 1. The molecule has 0 atom stereocenters. The molecule has 0 radical (unpaired) electrons. The minimum absolute atomic E-state index is 0.0444. The molecule has 8 heteroatoms.